The Labute approximate surface area is 151 Å². The number of amides is 1. The first-order valence-electron chi connectivity index (χ1n) is 9.50. The standard InChI is InChI=1S/C20H31N3O2/c1-15-11-23(12-16(2)25-15)19-8-4-3-7-18(19)14-22-9-5-6-17(13-22)10-20(21)24/h3-4,7-8,15-17H,5-6,9-14H2,1-2H3,(H2,21,24)/t15-,16+,17-/m1/s1. The molecular weight excluding hydrogens is 314 g/mol. The van der Waals surface area contributed by atoms with Gasteiger partial charge in [0, 0.05) is 38.3 Å². The third kappa shape index (κ3) is 4.95. The van der Waals surface area contributed by atoms with E-state index in [1.54, 1.807) is 0 Å². The number of benzene rings is 1. The normalized spacial score (nSPS) is 28.1. The molecule has 1 aromatic carbocycles. The molecule has 1 aromatic rings. The molecule has 2 fully saturated rings. The predicted molar refractivity (Wildman–Crippen MR) is 100 cm³/mol. The number of primary amides is 1. The average molecular weight is 345 g/mol. The van der Waals surface area contributed by atoms with Crippen LogP contribution in [-0.2, 0) is 16.1 Å². The van der Waals surface area contributed by atoms with Gasteiger partial charge in [0.2, 0.25) is 5.91 Å². The Morgan fingerprint density at radius 2 is 1.92 bits per heavy atom. The molecule has 1 amide bonds. The Morgan fingerprint density at radius 1 is 1.20 bits per heavy atom. The summed E-state index contributed by atoms with van der Waals surface area (Å²) >= 11 is 0. The lowest BCUT2D eigenvalue weighted by Gasteiger charge is -2.39. The van der Waals surface area contributed by atoms with Crippen molar-refractivity contribution >= 4 is 11.6 Å². The summed E-state index contributed by atoms with van der Waals surface area (Å²) in [5, 5.41) is 0. The predicted octanol–water partition coefficient (Wildman–Crippen LogP) is 2.39. The van der Waals surface area contributed by atoms with Gasteiger partial charge in [0.1, 0.15) is 0 Å². The molecular formula is C20H31N3O2. The third-order valence-electron chi connectivity index (χ3n) is 5.24. The maximum atomic E-state index is 11.2. The van der Waals surface area contributed by atoms with Crippen molar-refractivity contribution in [2.45, 2.75) is 51.9 Å². The number of anilines is 1. The van der Waals surface area contributed by atoms with Crippen LogP contribution in [0, 0.1) is 5.92 Å². The van der Waals surface area contributed by atoms with Crippen LogP contribution < -0.4 is 10.6 Å². The summed E-state index contributed by atoms with van der Waals surface area (Å²) in [6.45, 7) is 9.16. The number of rotatable bonds is 5. The lowest BCUT2D eigenvalue weighted by atomic mass is 9.94. The SMILES string of the molecule is C[C@@H]1CN(c2ccccc2CN2CCC[C@H](CC(N)=O)C2)C[C@H](C)O1. The first-order chi connectivity index (χ1) is 12.0. The summed E-state index contributed by atoms with van der Waals surface area (Å²) in [5.74, 6) is 0.227. The fraction of sp³-hybridized carbons (Fsp3) is 0.650. The molecule has 0 aliphatic carbocycles. The number of piperidine rings is 1. The van der Waals surface area contributed by atoms with Crippen molar-refractivity contribution in [2.24, 2.45) is 11.7 Å². The van der Waals surface area contributed by atoms with E-state index in [9.17, 15) is 4.79 Å². The number of hydrogen-bond acceptors (Lipinski definition) is 4. The zero-order valence-corrected chi connectivity index (χ0v) is 15.5. The Morgan fingerprint density at radius 3 is 2.64 bits per heavy atom. The van der Waals surface area contributed by atoms with E-state index in [0.29, 0.717) is 12.3 Å². The summed E-state index contributed by atoms with van der Waals surface area (Å²) in [6.07, 6.45) is 3.28. The summed E-state index contributed by atoms with van der Waals surface area (Å²) < 4.78 is 5.88. The van der Waals surface area contributed by atoms with Gasteiger partial charge in [-0.15, -0.1) is 0 Å². The molecule has 2 aliphatic rings. The second-order valence-electron chi connectivity index (χ2n) is 7.70. The van der Waals surface area contributed by atoms with E-state index >= 15 is 0 Å². The second-order valence-corrected chi connectivity index (χ2v) is 7.70. The molecule has 2 N–H and O–H groups in total. The van der Waals surface area contributed by atoms with E-state index in [2.05, 4.69) is 47.9 Å². The largest absolute Gasteiger partial charge is 0.372 e. The van der Waals surface area contributed by atoms with E-state index in [1.807, 2.05) is 0 Å². The molecule has 0 spiro atoms. The van der Waals surface area contributed by atoms with Gasteiger partial charge in [0.25, 0.3) is 0 Å². The number of morpholine rings is 1. The number of ether oxygens (including phenoxy) is 1. The maximum absolute atomic E-state index is 11.2. The molecule has 138 valence electrons. The highest BCUT2D eigenvalue weighted by atomic mass is 16.5. The molecule has 5 nitrogen and oxygen atoms in total. The van der Waals surface area contributed by atoms with Crippen LogP contribution in [0.4, 0.5) is 5.69 Å². The van der Waals surface area contributed by atoms with Crippen LogP contribution >= 0.6 is 0 Å². The fourth-order valence-corrected chi connectivity index (χ4v) is 4.31. The Kier molecular flexibility index (Phi) is 5.97. The van der Waals surface area contributed by atoms with Crippen molar-refractivity contribution in [3.63, 3.8) is 0 Å². The van der Waals surface area contributed by atoms with E-state index in [4.69, 9.17) is 10.5 Å². The number of nitrogens with zero attached hydrogens (tertiary/aromatic N) is 2. The van der Waals surface area contributed by atoms with Gasteiger partial charge >= 0.3 is 0 Å². The van der Waals surface area contributed by atoms with Crippen LogP contribution in [0.15, 0.2) is 24.3 Å². The number of nitrogens with two attached hydrogens (primary N) is 1. The summed E-state index contributed by atoms with van der Waals surface area (Å²) in [7, 11) is 0. The molecule has 0 saturated carbocycles. The maximum Gasteiger partial charge on any atom is 0.217 e. The number of carbonyl (C=O) groups is 1. The molecule has 2 saturated heterocycles. The highest BCUT2D eigenvalue weighted by Crippen LogP contribution is 2.27. The average Bonchev–Trinajstić information content (AvgIpc) is 2.54. The van der Waals surface area contributed by atoms with Crippen LogP contribution in [0.1, 0.15) is 38.7 Å². The summed E-state index contributed by atoms with van der Waals surface area (Å²) in [5.41, 5.74) is 8.08. The zero-order valence-electron chi connectivity index (χ0n) is 15.5. The number of para-hydroxylation sites is 1. The monoisotopic (exact) mass is 345 g/mol. The van der Waals surface area contributed by atoms with Crippen LogP contribution in [0.3, 0.4) is 0 Å². The van der Waals surface area contributed by atoms with Gasteiger partial charge < -0.3 is 15.4 Å². The summed E-state index contributed by atoms with van der Waals surface area (Å²) in [6, 6.07) is 8.70. The smallest absolute Gasteiger partial charge is 0.217 e. The van der Waals surface area contributed by atoms with Crippen LogP contribution in [0.5, 0.6) is 0 Å². The number of carbonyl (C=O) groups excluding carboxylic acids is 1. The van der Waals surface area contributed by atoms with Gasteiger partial charge in [-0.1, -0.05) is 18.2 Å². The number of likely N-dealkylation sites (tertiary alicyclic amines) is 1. The minimum absolute atomic E-state index is 0.177. The van der Waals surface area contributed by atoms with Gasteiger partial charge in [0.15, 0.2) is 0 Å². The van der Waals surface area contributed by atoms with Crippen LogP contribution in [0.2, 0.25) is 0 Å². The van der Waals surface area contributed by atoms with Crippen molar-refractivity contribution in [3.8, 4) is 0 Å². The number of hydrogen-bond donors (Lipinski definition) is 1. The molecule has 3 atom stereocenters. The molecule has 3 rings (SSSR count). The molecule has 2 heterocycles. The Bertz CT molecular complexity index is 582. The molecule has 25 heavy (non-hydrogen) atoms. The molecule has 0 aromatic heterocycles. The minimum atomic E-state index is -0.177. The summed E-state index contributed by atoms with van der Waals surface area (Å²) in [4.78, 5) is 16.2. The van der Waals surface area contributed by atoms with Crippen molar-refractivity contribution < 1.29 is 9.53 Å². The van der Waals surface area contributed by atoms with Crippen LogP contribution in [-0.4, -0.2) is 49.2 Å². The fourth-order valence-electron chi connectivity index (χ4n) is 4.31. The first kappa shape index (κ1) is 18.2. The van der Waals surface area contributed by atoms with Crippen molar-refractivity contribution in [1.29, 1.82) is 0 Å². The molecule has 0 unspecified atom stereocenters. The lowest BCUT2D eigenvalue weighted by Crippen LogP contribution is -2.46. The second kappa shape index (κ2) is 8.19. The van der Waals surface area contributed by atoms with Crippen molar-refractivity contribution in [3.05, 3.63) is 29.8 Å². The highest BCUT2D eigenvalue weighted by molar-refractivity contribution is 5.74. The third-order valence-corrected chi connectivity index (χ3v) is 5.24. The minimum Gasteiger partial charge on any atom is -0.372 e. The quantitative estimate of drug-likeness (QED) is 0.890. The van der Waals surface area contributed by atoms with E-state index in [0.717, 1.165) is 45.6 Å². The molecule has 5 heteroatoms. The lowest BCUT2D eigenvalue weighted by molar-refractivity contribution is -0.119. The van der Waals surface area contributed by atoms with Gasteiger partial charge in [-0.25, -0.2) is 0 Å². The Hall–Kier alpha value is -1.59. The van der Waals surface area contributed by atoms with E-state index in [-0.39, 0.29) is 18.1 Å². The van der Waals surface area contributed by atoms with Gasteiger partial charge in [-0.05, 0) is 50.8 Å². The first-order valence-corrected chi connectivity index (χ1v) is 9.50. The van der Waals surface area contributed by atoms with Gasteiger partial charge in [0.05, 0.1) is 12.2 Å². The van der Waals surface area contributed by atoms with Gasteiger partial charge in [-0.2, -0.15) is 0 Å². The highest BCUT2D eigenvalue weighted by Gasteiger charge is 2.26. The zero-order chi connectivity index (χ0) is 17.8. The van der Waals surface area contributed by atoms with E-state index in [1.165, 1.54) is 11.3 Å². The van der Waals surface area contributed by atoms with Gasteiger partial charge in [-0.3, -0.25) is 9.69 Å². The topological polar surface area (TPSA) is 58.8 Å². The molecule has 0 bridgehead atoms. The Balaban J connectivity index is 1.69. The van der Waals surface area contributed by atoms with Crippen molar-refractivity contribution in [1.82, 2.24) is 4.90 Å². The van der Waals surface area contributed by atoms with E-state index < -0.39 is 0 Å². The van der Waals surface area contributed by atoms with Crippen LogP contribution in [0.25, 0.3) is 0 Å². The molecule has 0 radical (unpaired) electrons. The molecule has 2 aliphatic heterocycles. The van der Waals surface area contributed by atoms with Crippen molar-refractivity contribution in [2.75, 3.05) is 31.1 Å².